The first-order chi connectivity index (χ1) is 6.40. The Morgan fingerprint density at radius 1 is 1.38 bits per heavy atom. The summed E-state index contributed by atoms with van der Waals surface area (Å²) in [5.41, 5.74) is 3.50. The molecule has 2 nitrogen and oxygen atoms in total. The van der Waals surface area contributed by atoms with Gasteiger partial charge in [-0.25, -0.2) is 4.98 Å². The predicted molar refractivity (Wildman–Crippen MR) is 56.9 cm³/mol. The van der Waals surface area contributed by atoms with Crippen molar-refractivity contribution in [2.75, 3.05) is 0 Å². The average Bonchev–Trinajstić information content (AvgIpc) is 2.57. The second kappa shape index (κ2) is 3.85. The highest BCUT2D eigenvalue weighted by atomic mass is 35.5. The monoisotopic (exact) mass is 210 g/mol. The van der Waals surface area contributed by atoms with Crippen LogP contribution in [0.3, 0.4) is 0 Å². The topological polar surface area (TPSA) is 28.7 Å². The lowest BCUT2D eigenvalue weighted by molar-refractivity contribution is 1.09. The molecule has 0 bridgehead atoms. The summed E-state index contributed by atoms with van der Waals surface area (Å²) in [6.45, 7) is 0. The molecule has 0 amide bonds. The van der Waals surface area contributed by atoms with Gasteiger partial charge in [0.25, 0.3) is 0 Å². The molecule has 0 atom stereocenters. The number of imidazole rings is 1. The smallest absolute Gasteiger partial charge is 0.170 e. The predicted octanol–water partition coefficient (Wildman–Crippen LogP) is 3.37. The molecule has 0 unspecified atom stereocenters. The molecular weight excluding hydrogens is 204 g/mol. The van der Waals surface area contributed by atoms with Gasteiger partial charge in [-0.1, -0.05) is 35.5 Å². The number of aromatic nitrogens is 2. The van der Waals surface area contributed by atoms with Crippen molar-refractivity contribution in [3.8, 4) is 0 Å². The molecule has 0 aliphatic carbocycles. The van der Waals surface area contributed by atoms with Crippen LogP contribution in [0.4, 0.5) is 0 Å². The number of hydrogen-bond donors (Lipinski definition) is 1. The van der Waals surface area contributed by atoms with Crippen molar-refractivity contribution in [3.05, 3.63) is 35.2 Å². The molecule has 66 valence electrons. The molecule has 1 aromatic heterocycles. The van der Waals surface area contributed by atoms with Crippen molar-refractivity contribution >= 4 is 34.4 Å². The third-order valence-corrected chi connectivity index (χ3v) is 2.56. The van der Waals surface area contributed by atoms with E-state index in [4.69, 9.17) is 11.6 Å². The van der Waals surface area contributed by atoms with E-state index >= 15 is 0 Å². The van der Waals surface area contributed by atoms with E-state index < -0.39 is 0 Å². The number of halogens is 1. The van der Waals surface area contributed by atoms with Gasteiger partial charge < -0.3 is 4.98 Å². The molecule has 0 saturated carbocycles. The number of aromatic amines is 1. The van der Waals surface area contributed by atoms with Crippen LogP contribution in [0, 0.1) is 0 Å². The van der Waals surface area contributed by atoms with E-state index in [2.05, 4.69) is 9.97 Å². The Bertz CT molecular complexity index is 403. The Morgan fingerprint density at radius 3 is 3.00 bits per heavy atom. The summed E-state index contributed by atoms with van der Waals surface area (Å²) in [5, 5.41) is 2.64. The molecule has 0 fully saturated rings. The second-order valence-corrected chi connectivity index (χ2v) is 3.59. The van der Waals surface area contributed by atoms with Crippen molar-refractivity contribution in [2.45, 2.75) is 5.16 Å². The molecule has 0 radical (unpaired) electrons. The lowest BCUT2D eigenvalue weighted by Crippen LogP contribution is -1.67. The average molecular weight is 211 g/mol. The fraction of sp³-hybridized carbons (Fsp3) is 0. The van der Waals surface area contributed by atoms with Gasteiger partial charge in [-0.15, -0.1) is 0 Å². The largest absolute Gasteiger partial charge is 0.333 e. The molecule has 2 aromatic rings. The van der Waals surface area contributed by atoms with Crippen LogP contribution < -0.4 is 0 Å². The van der Waals surface area contributed by atoms with Gasteiger partial charge in [-0.3, -0.25) is 0 Å². The van der Waals surface area contributed by atoms with Crippen LogP contribution in [0.15, 0.2) is 40.4 Å². The summed E-state index contributed by atoms with van der Waals surface area (Å²) in [4.78, 5) is 7.52. The molecule has 4 heteroatoms. The van der Waals surface area contributed by atoms with Gasteiger partial charge in [0.15, 0.2) is 5.16 Å². The minimum Gasteiger partial charge on any atom is -0.333 e. The maximum Gasteiger partial charge on any atom is 0.170 e. The number of rotatable bonds is 2. The highest BCUT2D eigenvalue weighted by molar-refractivity contribution is 8.02. The summed E-state index contributed by atoms with van der Waals surface area (Å²) in [6.07, 6.45) is 0. The Hall–Kier alpha value is -0.930. The van der Waals surface area contributed by atoms with Crippen molar-refractivity contribution in [2.24, 2.45) is 0 Å². The van der Waals surface area contributed by atoms with E-state index in [1.54, 1.807) is 5.41 Å². The zero-order valence-electron chi connectivity index (χ0n) is 6.70. The normalized spacial score (nSPS) is 11.5. The number of H-pyrrole nitrogens is 1. The molecule has 1 aromatic carbocycles. The van der Waals surface area contributed by atoms with Crippen LogP contribution in [0.25, 0.3) is 11.0 Å². The van der Waals surface area contributed by atoms with Crippen molar-refractivity contribution in [3.63, 3.8) is 0 Å². The van der Waals surface area contributed by atoms with Crippen molar-refractivity contribution in [1.29, 1.82) is 0 Å². The number of thioether (sulfide) groups is 1. The van der Waals surface area contributed by atoms with Gasteiger partial charge >= 0.3 is 0 Å². The molecule has 0 aliphatic heterocycles. The first-order valence-corrected chi connectivity index (χ1v) is 5.08. The molecular formula is C9H7ClN2S. The summed E-state index contributed by atoms with van der Waals surface area (Å²) in [7, 11) is 0. The van der Waals surface area contributed by atoms with Gasteiger partial charge in [0.05, 0.1) is 11.0 Å². The van der Waals surface area contributed by atoms with Crippen LogP contribution in [-0.2, 0) is 0 Å². The molecule has 0 saturated heterocycles. The van der Waals surface area contributed by atoms with Gasteiger partial charge in [-0.05, 0) is 17.5 Å². The highest BCUT2D eigenvalue weighted by Crippen LogP contribution is 2.19. The summed E-state index contributed by atoms with van der Waals surface area (Å²) < 4.78 is 0. The Balaban J connectivity index is 2.38. The third-order valence-electron chi connectivity index (χ3n) is 1.60. The molecule has 0 aliphatic rings. The summed E-state index contributed by atoms with van der Waals surface area (Å²) in [5.74, 6) is 0. The maximum atomic E-state index is 5.41. The lowest BCUT2D eigenvalue weighted by atomic mass is 10.3. The van der Waals surface area contributed by atoms with Crippen molar-refractivity contribution < 1.29 is 0 Å². The minimum absolute atomic E-state index is 0.859. The van der Waals surface area contributed by atoms with E-state index in [0.717, 1.165) is 16.2 Å². The first-order valence-electron chi connectivity index (χ1n) is 3.77. The Kier molecular flexibility index (Phi) is 2.57. The molecule has 2 rings (SSSR count). The number of fused-ring (bicyclic) bond motifs is 1. The minimum atomic E-state index is 0.859. The van der Waals surface area contributed by atoms with Gasteiger partial charge in [0.1, 0.15) is 0 Å². The quantitative estimate of drug-likeness (QED) is 0.770. The Labute approximate surface area is 85.0 Å². The van der Waals surface area contributed by atoms with Crippen molar-refractivity contribution in [1.82, 2.24) is 9.97 Å². The SMILES string of the molecule is Cl/C=C/Sc1nc2ccccc2[nH]1. The van der Waals surface area contributed by atoms with Gasteiger partial charge in [0, 0.05) is 5.54 Å². The molecule has 1 N–H and O–H groups in total. The lowest BCUT2D eigenvalue weighted by Gasteiger charge is -1.83. The number of nitrogens with one attached hydrogen (secondary N) is 1. The van der Waals surface area contributed by atoms with E-state index in [1.807, 2.05) is 24.3 Å². The van der Waals surface area contributed by atoms with Crippen LogP contribution >= 0.6 is 23.4 Å². The standard InChI is InChI=1S/C9H7ClN2S/c10-5-6-13-9-11-7-3-1-2-4-8(7)12-9/h1-6H,(H,11,12)/b6-5+. The van der Waals surface area contributed by atoms with Crippen LogP contribution in [0.2, 0.25) is 0 Å². The first kappa shape index (κ1) is 8.66. The maximum absolute atomic E-state index is 5.41. The number of para-hydroxylation sites is 2. The highest BCUT2D eigenvalue weighted by Gasteiger charge is 1.99. The molecule has 0 spiro atoms. The van der Waals surface area contributed by atoms with E-state index in [0.29, 0.717) is 0 Å². The number of benzene rings is 1. The van der Waals surface area contributed by atoms with E-state index in [-0.39, 0.29) is 0 Å². The van der Waals surface area contributed by atoms with Gasteiger partial charge in [-0.2, -0.15) is 0 Å². The summed E-state index contributed by atoms with van der Waals surface area (Å²) >= 11 is 6.87. The fourth-order valence-corrected chi connectivity index (χ4v) is 1.73. The van der Waals surface area contributed by atoms with Gasteiger partial charge in [0.2, 0.25) is 0 Å². The zero-order valence-corrected chi connectivity index (χ0v) is 8.27. The second-order valence-electron chi connectivity index (χ2n) is 2.44. The number of hydrogen-bond acceptors (Lipinski definition) is 2. The number of nitrogens with zero attached hydrogens (tertiary/aromatic N) is 1. The van der Waals surface area contributed by atoms with Crippen LogP contribution in [-0.4, -0.2) is 9.97 Å². The van der Waals surface area contributed by atoms with E-state index in [1.165, 1.54) is 17.3 Å². The van der Waals surface area contributed by atoms with E-state index in [9.17, 15) is 0 Å². The summed E-state index contributed by atoms with van der Waals surface area (Å²) in [6, 6.07) is 7.92. The van der Waals surface area contributed by atoms with Crippen LogP contribution in [0.5, 0.6) is 0 Å². The fourth-order valence-electron chi connectivity index (χ4n) is 1.08. The Morgan fingerprint density at radius 2 is 2.23 bits per heavy atom. The molecule has 1 heterocycles. The zero-order chi connectivity index (χ0) is 9.10. The van der Waals surface area contributed by atoms with Crippen LogP contribution in [0.1, 0.15) is 0 Å². The molecule has 13 heavy (non-hydrogen) atoms. The third kappa shape index (κ3) is 1.87.